The van der Waals surface area contributed by atoms with Crippen LogP contribution in [0.4, 0.5) is 0 Å². The molecule has 2 atom stereocenters. The van der Waals surface area contributed by atoms with E-state index < -0.39 is 0 Å². The molecule has 2 N–H and O–H groups in total. The van der Waals surface area contributed by atoms with E-state index in [9.17, 15) is 0 Å². The minimum Gasteiger partial charge on any atom is -0.497 e. The third-order valence-corrected chi connectivity index (χ3v) is 5.12. The number of ether oxygens (including phenoxy) is 1. The van der Waals surface area contributed by atoms with E-state index in [0.29, 0.717) is 12.6 Å². The summed E-state index contributed by atoms with van der Waals surface area (Å²) in [7, 11) is 3.85. The van der Waals surface area contributed by atoms with Gasteiger partial charge in [-0.05, 0) is 43.5 Å². The number of nitrogens with zero attached hydrogens (tertiary/aromatic N) is 1. The predicted octanol–water partition coefficient (Wildman–Crippen LogP) is 3.53. The Bertz CT molecular complexity index is 417. The van der Waals surface area contributed by atoms with E-state index in [1.807, 2.05) is 23.9 Å². The fraction of sp³-hybridized carbons (Fsp3) is 0.600. The van der Waals surface area contributed by atoms with E-state index in [0.717, 1.165) is 22.4 Å². The molecule has 1 aromatic rings. The van der Waals surface area contributed by atoms with E-state index in [2.05, 4.69) is 47.1 Å². The van der Waals surface area contributed by atoms with Gasteiger partial charge in [0.05, 0.1) is 7.11 Å². The van der Waals surface area contributed by atoms with Crippen LogP contribution < -0.4 is 10.5 Å². The zero-order valence-electron chi connectivity index (χ0n) is 12.7. The molecule has 0 aliphatic rings. The number of hydrogen-bond acceptors (Lipinski definition) is 4. The molecule has 114 valence electrons. The first-order valence-electron chi connectivity index (χ1n) is 6.83. The quantitative estimate of drug-likeness (QED) is 0.769. The highest BCUT2D eigenvalue weighted by Gasteiger charge is 2.24. The summed E-state index contributed by atoms with van der Waals surface area (Å²) in [5.74, 6) is 1.98. The van der Waals surface area contributed by atoms with Gasteiger partial charge < -0.3 is 10.5 Å². The van der Waals surface area contributed by atoms with Crippen molar-refractivity contribution < 1.29 is 4.74 Å². The third kappa shape index (κ3) is 4.38. The lowest BCUT2D eigenvalue weighted by Crippen LogP contribution is -2.39. The Morgan fingerprint density at radius 1 is 1.45 bits per heavy atom. The van der Waals surface area contributed by atoms with E-state index >= 15 is 0 Å². The largest absolute Gasteiger partial charge is 0.497 e. The molecule has 5 heteroatoms. The Morgan fingerprint density at radius 3 is 2.65 bits per heavy atom. The molecule has 3 nitrogen and oxygen atoms in total. The van der Waals surface area contributed by atoms with Crippen LogP contribution >= 0.6 is 27.7 Å². The van der Waals surface area contributed by atoms with Crippen LogP contribution in [0.25, 0.3) is 0 Å². The van der Waals surface area contributed by atoms with E-state index in [1.54, 1.807) is 7.11 Å². The van der Waals surface area contributed by atoms with Crippen molar-refractivity contribution in [2.24, 2.45) is 5.73 Å². The van der Waals surface area contributed by atoms with Gasteiger partial charge in [0.1, 0.15) is 5.75 Å². The monoisotopic (exact) mass is 360 g/mol. The average molecular weight is 361 g/mol. The second kappa shape index (κ2) is 8.93. The van der Waals surface area contributed by atoms with E-state index in [-0.39, 0.29) is 6.04 Å². The molecule has 0 radical (unpaired) electrons. The van der Waals surface area contributed by atoms with Gasteiger partial charge in [0, 0.05) is 28.9 Å². The number of likely N-dealkylation sites (N-methyl/N-ethyl adjacent to an activating group) is 1. The Morgan fingerprint density at radius 2 is 2.15 bits per heavy atom. The minimum absolute atomic E-state index is 0.191. The van der Waals surface area contributed by atoms with Gasteiger partial charge in [0.2, 0.25) is 0 Å². The SMILES string of the molecule is CCC(CSC)N(C)C(CN)c1cc(OC)ccc1Br. The van der Waals surface area contributed by atoms with Gasteiger partial charge in [-0.2, -0.15) is 11.8 Å². The first kappa shape index (κ1) is 17.8. The number of halogens is 1. The van der Waals surface area contributed by atoms with Gasteiger partial charge in [-0.15, -0.1) is 0 Å². The molecular weight excluding hydrogens is 336 g/mol. The molecule has 0 aliphatic heterocycles. The van der Waals surface area contributed by atoms with Crippen molar-refractivity contribution in [2.45, 2.75) is 25.4 Å². The first-order chi connectivity index (χ1) is 9.58. The van der Waals surface area contributed by atoms with Gasteiger partial charge in [-0.1, -0.05) is 22.9 Å². The first-order valence-corrected chi connectivity index (χ1v) is 9.02. The summed E-state index contributed by atoms with van der Waals surface area (Å²) in [5, 5.41) is 0. The lowest BCUT2D eigenvalue weighted by molar-refractivity contribution is 0.187. The molecule has 0 bridgehead atoms. The van der Waals surface area contributed by atoms with Crippen molar-refractivity contribution in [2.75, 3.05) is 32.7 Å². The average Bonchev–Trinajstić information content (AvgIpc) is 2.47. The van der Waals surface area contributed by atoms with Crippen molar-refractivity contribution in [3.63, 3.8) is 0 Å². The van der Waals surface area contributed by atoms with Crippen LogP contribution in [0.15, 0.2) is 22.7 Å². The summed E-state index contributed by atoms with van der Waals surface area (Å²) < 4.78 is 6.42. The second-order valence-electron chi connectivity index (χ2n) is 4.82. The smallest absolute Gasteiger partial charge is 0.119 e. The van der Waals surface area contributed by atoms with Gasteiger partial charge in [0.25, 0.3) is 0 Å². The molecule has 0 aromatic heterocycles. The molecule has 1 rings (SSSR count). The van der Waals surface area contributed by atoms with Crippen LogP contribution in [-0.2, 0) is 0 Å². The zero-order chi connectivity index (χ0) is 15.1. The van der Waals surface area contributed by atoms with Crippen molar-refractivity contribution >= 4 is 27.7 Å². The maximum Gasteiger partial charge on any atom is 0.119 e. The Hall–Kier alpha value is -0.230. The number of thioether (sulfide) groups is 1. The van der Waals surface area contributed by atoms with Gasteiger partial charge in [-0.25, -0.2) is 0 Å². The van der Waals surface area contributed by atoms with Crippen molar-refractivity contribution in [1.82, 2.24) is 4.90 Å². The van der Waals surface area contributed by atoms with E-state index in [1.165, 1.54) is 5.56 Å². The van der Waals surface area contributed by atoms with Crippen LogP contribution in [0, 0.1) is 0 Å². The molecule has 20 heavy (non-hydrogen) atoms. The van der Waals surface area contributed by atoms with Crippen molar-refractivity contribution in [3.05, 3.63) is 28.2 Å². The van der Waals surface area contributed by atoms with Crippen molar-refractivity contribution in [3.8, 4) is 5.75 Å². The molecule has 0 heterocycles. The minimum atomic E-state index is 0.191. The number of methoxy groups -OCH3 is 1. The van der Waals surface area contributed by atoms with Crippen LogP contribution in [0.3, 0.4) is 0 Å². The fourth-order valence-corrected chi connectivity index (χ4v) is 3.75. The standard InChI is InChI=1S/C15H25BrN2OS/c1-5-11(10-20-4)18(2)15(9-17)13-8-12(19-3)6-7-14(13)16/h6-8,11,15H,5,9-10,17H2,1-4H3. The molecule has 0 aliphatic carbocycles. The number of benzene rings is 1. The Balaban J connectivity index is 3.05. The third-order valence-electron chi connectivity index (χ3n) is 3.68. The summed E-state index contributed by atoms with van der Waals surface area (Å²) >= 11 is 5.52. The number of hydrogen-bond donors (Lipinski definition) is 1. The maximum absolute atomic E-state index is 6.04. The number of rotatable bonds is 8. The van der Waals surface area contributed by atoms with Crippen LogP contribution in [-0.4, -0.2) is 43.7 Å². The second-order valence-corrected chi connectivity index (χ2v) is 6.59. The molecule has 0 saturated heterocycles. The summed E-state index contributed by atoms with van der Waals surface area (Å²) in [6, 6.07) is 6.78. The highest BCUT2D eigenvalue weighted by molar-refractivity contribution is 9.10. The molecule has 2 unspecified atom stereocenters. The molecule has 0 fully saturated rings. The van der Waals surface area contributed by atoms with Crippen LogP contribution in [0.5, 0.6) is 5.75 Å². The molecule has 0 spiro atoms. The lowest BCUT2D eigenvalue weighted by Gasteiger charge is -2.34. The summed E-state index contributed by atoms with van der Waals surface area (Å²) in [5.41, 5.74) is 7.23. The highest BCUT2D eigenvalue weighted by Crippen LogP contribution is 2.31. The van der Waals surface area contributed by atoms with Crippen molar-refractivity contribution in [1.29, 1.82) is 0 Å². The van der Waals surface area contributed by atoms with Gasteiger partial charge >= 0.3 is 0 Å². The summed E-state index contributed by atoms with van der Waals surface area (Å²) in [4.78, 5) is 2.38. The molecule has 1 aromatic carbocycles. The maximum atomic E-state index is 6.04. The lowest BCUT2D eigenvalue weighted by atomic mass is 10.0. The summed E-state index contributed by atoms with van der Waals surface area (Å²) in [6.07, 6.45) is 3.27. The molecule has 0 saturated carbocycles. The Labute approximate surface area is 135 Å². The normalized spacial score (nSPS) is 14.3. The fourth-order valence-electron chi connectivity index (χ4n) is 2.39. The van der Waals surface area contributed by atoms with Crippen LogP contribution in [0.2, 0.25) is 0 Å². The van der Waals surface area contributed by atoms with Crippen LogP contribution in [0.1, 0.15) is 24.9 Å². The highest BCUT2D eigenvalue weighted by atomic mass is 79.9. The van der Waals surface area contributed by atoms with Gasteiger partial charge in [-0.3, -0.25) is 4.90 Å². The molecular formula is C15H25BrN2OS. The number of nitrogens with two attached hydrogens (primary N) is 1. The topological polar surface area (TPSA) is 38.5 Å². The zero-order valence-corrected chi connectivity index (χ0v) is 15.1. The predicted molar refractivity (Wildman–Crippen MR) is 92.7 cm³/mol. The van der Waals surface area contributed by atoms with E-state index in [4.69, 9.17) is 10.5 Å². The summed E-state index contributed by atoms with van der Waals surface area (Å²) in [6.45, 7) is 2.82. The molecule has 0 amide bonds. The Kier molecular flexibility index (Phi) is 7.95. The van der Waals surface area contributed by atoms with Gasteiger partial charge in [0.15, 0.2) is 0 Å².